The molecule has 4 aromatic carbocycles. The predicted octanol–water partition coefficient (Wildman–Crippen LogP) is 15.0. The molecule has 2 atom stereocenters. The zero-order valence-electron chi connectivity index (χ0n) is 36.4. The quantitative estimate of drug-likeness (QED) is 0.148. The summed E-state index contributed by atoms with van der Waals surface area (Å²) in [7, 11) is 3.75. The molecule has 0 N–H and O–H groups in total. The van der Waals surface area contributed by atoms with E-state index >= 15 is 0 Å². The number of benzene rings is 4. The second kappa shape index (κ2) is 18.3. The molecule has 0 heterocycles. The molecule has 6 rings (SSSR count). The van der Waals surface area contributed by atoms with Gasteiger partial charge in [0.25, 0.3) is 0 Å². The number of allylic oxidation sites excluding steroid dienone is 2. The molecule has 4 aromatic rings. The Kier molecular flexibility index (Phi) is 15.1. The van der Waals surface area contributed by atoms with Crippen LogP contribution in [0.1, 0.15) is 123 Å². The predicted molar refractivity (Wildman–Crippen MR) is 247 cm³/mol. The molecule has 300 valence electrons. The molecule has 0 saturated carbocycles. The minimum absolute atomic E-state index is 0. The van der Waals surface area contributed by atoms with Gasteiger partial charge in [-0.25, -0.2) is 0 Å². The Morgan fingerprint density at radius 2 is 0.929 bits per heavy atom. The average molecular weight is 889 g/mol. The van der Waals surface area contributed by atoms with Gasteiger partial charge < -0.3 is 0 Å². The van der Waals surface area contributed by atoms with Crippen molar-refractivity contribution in [3.8, 4) is 33.8 Å². The van der Waals surface area contributed by atoms with E-state index in [9.17, 15) is 0 Å². The number of halogens is 2. The smallest absolute Gasteiger partial charge is 0.147 e. The number of fused-ring (bicyclic) bond motifs is 2. The van der Waals surface area contributed by atoms with Gasteiger partial charge in [0.1, 0.15) is 0 Å². The fourth-order valence-corrected chi connectivity index (χ4v) is 29.5. The first-order chi connectivity index (χ1) is 25.5. The summed E-state index contributed by atoms with van der Waals surface area (Å²) in [4.78, 5) is 0. The van der Waals surface area contributed by atoms with Crippen molar-refractivity contribution in [3.63, 3.8) is 0 Å². The van der Waals surface area contributed by atoms with E-state index in [0.29, 0.717) is 19.1 Å². The van der Waals surface area contributed by atoms with Gasteiger partial charge in [0, 0.05) is 0 Å². The van der Waals surface area contributed by atoms with Crippen molar-refractivity contribution in [1.82, 2.24) is 0 Å². The van der Waals surface area contributed by atoms with Crippen LogP contribution in [0.5, 0.6) is 11.5 Å². The second-order valence-electron chi connectivity index (χ2n) is 18.9. The molecule has 0 bridgehead atoms. The Balaban J connectivity index is 0.00000348. The Bertz CT molecular complexity index is 1980. The molecule has 2 aliphatic rings. The molecule has 6 heteroatoms. The van der Waals surface area contributed by atoms with E-state index in [4.69, 9.17) is 9.47 Å². The summed E-state index contributed by atoms with van der Waals surface area (Å²) in [6, 6.07) is 27.4. The van der Waals surface area contributed by atoms with Crippen LogP contribution in [-0.4, -0.2) is 19.7 Å². The zero-order chi connectivity index (χ0) is 39.3. The van der Waals surface area contributed by atoms with Crippen molar-refractivity contribution in [2.45, 2.75) is 113 Å². The van der Waals surface area contributed by atoms with Gasteiger partial charge in [-0.2, -0.15) is 0 Å². The van der Waals surface area contributed by atoms with Gasteiger partial charge in [-0.05, 0) is 0 Å². The number of hydrogen-bond acceptors (Lipinski definition) is 2. The molecule has 2 aliphatic carbocycles. The molecule has 0 amide bonds. The summed E-state index contributed by atoms with van der Waals surface area (Å²) in [6.07, 6.45) is 7.56. The zero-order valence-corrected chi connectivity index (χ0v) is 41.5. The first kappa shape index (κ1) is 46.3. The first-order valence-corrected chi connectivity index (χ1v) is 29.2. The number of rotatable bonds is 10. The maximum absolute atomic E-state index is 6.44. The van der Waals surface area contributed by atoms with Crippen molar-refractivity contribution in [3.05, 3.63) is 117 Å². The van der Waals surface area contributed by atoms with Gasteiger partial charge in [-0.3, -0.25) is 0 Å². The van der Waals surface area contributed by atoms with Crippen LogP contribution in [0, 0.1) is 11.8 Å². The van der Waals surface area contributed by atoms with Crippen LogP contribution in [0.3, 0.4) is 0 Å². The summed E-state index contributed by atoms with van der Waals surface area (Å²) in [5.41, 5.74) is 16.2. The normalized spacial score (nSPS) is 16.1. The van der Waals surface area contributed by atoms with E-state index in [0.717, 1.165) is 24.3 Å². The monoisotopic (exact) mass is 886 g/mol. The molecule has 0 fully saturated rings. The summed E-state index contributed by atoms with van der Waals surface area (Å²) in [5, 5.41) is 0. The molecule has 2 unspecified atom stereocenters. The van der Waals surface area contributed by atoms with Gasteiger partial charge in [0.15, 0.2) is 0 Å². The van der Waals surface area contributed by atoms with Crippen LogP contribution in [0.2, 0.25) is 13.1 Å². The molecule has 56 heavy (non-hydrogen) atoms. The maximum Gasteiger partial charge on any atom is -0.147 e. The van der Waals surface area contributed by atoms with E-state index in [-0.39, 0.29) is 35.6 Å². The van der Waals surface area contributed by atoms with Crippen LogP contribution in [0.15, 0.2) is 83.9 Å². The third-order valence-corrected chi connectivity index (χ3v) is 30.9. The maximum atomic E-state index is 6.44. The third-order valence-electron chi connectivity index (χ3n) is 11.4. The minimum atomic E-state index is -2.54. The molecule has 0 spiro atoms. The largest absolute Gasteiger partial charge is 0.147 e. The van der Waals surface area contributed by atoms with E-state index in [1.807, 2.05) is 14.2 Å². The van der Waals surface area contributed by atoms with E-state index in [1.165, 1.54) is 44.5 Å². The molecule has 0 aromatic heterocycles. The standard InChI is InChI=1S/2C24H29O.C2H6Si.2ClH.Zr/c2*1-16(2)12-17-13-19-15-21(24(3,4)5)23(25-6)22(20(19)14-17)18-10-8-7-9-11-18;1-3-2;;;/h2*7-11,13-16H,12H2,1-6H3;1-2H3;2*1H;. The summed E-state index contributed by atoms with van der Waals surface area (Å²) in [5.74, 6) is 3.24. The molecule has 0 saturated heterocycles. The van der Waals surface area contributed by atoms with E-state index in [1.54, 1.807) is 22.3 Å². The second-order valence-corrected chi connectivity index (χ2v) is 36.7. The fourth-order valence-electron chi connectivity index (χ4n) is 9.22. The number of methoxy groups -OCH3 is 2. The van der Waals surface area contributed by atoms with Gasteiger partial charge in [-0.15, -0.1) is 24.8 Å². The summed E-state index contributed by atoms with van der Waals surface area (Å²) < 4.78 is 13.9. The van der Waals surface area contributed by atoms with Gasteiger partial charge >= 0.3 is 338 Å². The Labute approximate surface area is 360 Å². The van der Waals surface area contributed by atoms with Crippen LogP contribution in [0.4, 0.5) is 0 Å². The molecule has 0 radical (unpaired) electrons. The molecule has 2 nitrogen and oxygen atoms in total. The number of hydrogen-bond donors (Lipinski definition) is 0. The molecular formula is C50H66Cl2O2SiZr. The van der Waals surface area contributed by atoms with Gasteiger partial charge in [0.2, 0.25) is 0 Å². The first-order valence-electron chi connectivity index (χ1n) is 20.2. The summed E-state index contributed by atoms with van der Waals surface area (Å²) >= 11 is -2.54. The van der Waals surface area contributed by atoms with Crippen LogP contribution in [-0.2, 0) is 31.2 Å². The van der Waals surface area contributed by atoms with Crippen LogP contribution < -0.4 is 9.47 Å². The summed E-state index contributed by atoms with van der Waals surface area (Å²) in [6.45, 7) is 29.1. The Hall–Kier alpha value is -2.36. The Morgan fingerprint density at radius 3 is 1.20 bits per heavy atom. The van der Waals surface area contributed by atoms with Crippen molar-refractivity contribution < 1.29 is 29.8 Å². The van der Waals surface area contributed by atoms with E-state index < -0.39 is 25.8 Å². The molecule has 0 aliphatic heterocycles. The minimum Gasteiger partial charge on any atom is -0.147 e. The van der Waals surface area contributed by atoms with Crippen molar-refractivity contribution in [1.29, 1.82) is 0 Å². The van der Waals surface area contributed by atoms with Crippen molar-refractivity contribution in [2.75, 3.05) is 14.2 Å². The Morgan fingerprint density at radius 1 is 0.589 bits per heavy atom. The SMILES string of the molecule is COc1c(C(C)(C)C)cc2c(c1-c1ccccc1)C=C(CC(C)C)[CH]2[Zr]([CH]1C(CC(C)C)=Cc2c1cc(C(C)(C)C)c(OC)c2-c1ccccc1)=[Si](C)C.Cl.Cl. The van der Waals surface area contributed by atoms with Crippen LogP contribution >= 0.6 is 24.8 Å². The van der Waals surface area contributed by atoms with E-state index in [2.05, 4.69) is 167 Å². The average Bonchev–Trinajstić information content (AvgIpc) is 3.62. The fraction of sp³-hybridized carbons (Fsp3) is 0.440. The van der Waals surface area contributed by atoms with Crippen molar-refractivity contribution >= 4 is 42.4 Å². The number of ether oxygens (including phenoxy) is 2. The van der Waals surface area contributed by atoms with Gasteiger partial charge in [-0.1, -0.05) is 0 Å². The topological polar surface area (TPSA) is 18.5 Å². The van der Waals surface area contributed by atoms with Crippen LogP contribution in [0.25, 0.3) is 34.4 Å². The molecular weight excluding hydrogens is 823 g/mol. The van der Waals surface area contributed by atoms with Gasteiger partial charge in [0.05, 0.1) is 0 Å². The van der Waals surface area contributed by atoms with Crippen molar-refractivity contribution in [2.24, 2.45) is 11.8 Å². The third kappa shape index (κ3) is 8.95.